The lowest BCUT2D eigenvalue weighted by molar-refractivity contribution is 0.130. The number of rotatable bonds is 3. The van der Waals surface area contributed by atoms with Gasteiger partial charge in [-0.3, -0.25) is 0 Å². The Bertz CT molecular complexity index is 79.0. The highest BCUT2D eigenvalue weighted by Gasteiger charge is 2.23. The van der Waals surface area contributed by atoms with Crippen LogP contribution < -0.4 is 0 Å². The van der Waals surface area contributed by atoms with Crippen LogP contribution in [0.4, 0.5) is 0 Å². The average Bonchev–Trinajstić information content (AvgIpc) is 1.63. The molecular weight excluding hydrogens is 132 g/mol. The molecule has 0 radical (unpaired) electrons. The maximum absolute atomic E-state index is 5.61. The van der Waals surface area contributed by atoms with Crippen molar-refractivity contribution in [3.63, 3.8) is 0 Å². The summed E-state index contributed by atoms with van der Waals surface area (Å²) in [5.41, 5.74) is 0.0760. The van der Waals surface area contributed by atoms with E-state index < -0.39 is 0 Å². The van der Waals surface area contributed by atoms with E-state index in [9.17, 15) is 0 Å². The molecule has 0 unspecified atom stereocenters. The van der Waals surface area contributed by atoms with Gasteiger partial charge in [-0.05, 0) is 20.3 Å². The molecule has 0 aliphatic carbocycles. The van der Waals surface area contributed by atoms with Crippen LogP contribution in [0, 0.1) is 0 Å². The van der Waals surface area contributed by atoms with Crippen LogP contribution in [0.1, 0.15) is 27.2 Å². The van der Waals surface area contributed by atoms with E-state index in [-0.39, 0.29) is 16.8 Å². The van der Waals surface area contributed by atoms with E-state index in [1.165, 1.54) is 0 Å². The zero-order valence-electron chi connectivity index (χ0n) is 7.02. The third kappa shape index (κ3) is 4.79. The first-order valence-electron chi connectivity index (χ1n) is 3.25. The Kier molecular flexibility index (Phi) is 3.59. The molecule has 0 aliphatic heterocycles. The van der Waals surface area contributed by atoms with Crippen molar-refractivity contribution in [1.82, 2.24) is 0 Å². The molecule has 0 spiro atoms. The quantitative estimate of drug-likeness (QED) is 0.558. The van der Waals surface area contributed by atoms with E-state index in [2.05, 4.69) is 33.3 Å². The van der Waals surface area contributed by atoms with E-state index in [4.69, 9.17) is 4.18 Å². The van der Waals surface area contributed by atoms with Crippen molar-refractivity contribution in [3.8, 4) is 0 Å². The summed E-state index contributed by atoms with van der Waals surface area (Å²) in [5, 5.41) is 0. The Balaban J connectivity index is 3.58. The summed E-state index contributed by atoms with van der Waals surface area (Å²) in [6, 6.07) is 0. The minimum atomic E-state index is 0.0760. The normalized spacial score (nSPS) is 12.7. The molecule has 0 saturated carbocycles. The maximum Gasteiger partial charge on any atom is 0.141 e. The maximum atomic E-state index is 5.61. The van der Waals surface area contributed by atoms with Crippen molar-refractivity contribution in [3.05, 3.63) is 0 Å². The molecule has 2 heteroatoms. The zero-order valence-corrected chi connectivity index (χ0v) is 7.84. The molecule has 0 aliphatic rings. The van der Waals surface area contributed by atoms with Crippen molar-refractivity contribution in [2.24, 2.45) is 0 Å². The standard InChI is InChI=1S/C7H17OS/c1-6-7(2,3)8-9(4)5/h6H2,1-5H3/q+1. The summed E-state index contributed by atoms with van der Waals surface area (Å²) in [6.45, 7) is 6.40. The molecule has 0 heterocycles. The minimum absolute atomic E-state index is 0.0760. The minimum Gasteiger partial charge on any atom is -0.169 e. The summed E-state index contributed by atoms with van der Waals surface area (Å²) in [7, 11) is 0. The first kappa shape index (κ1) is 9.31. The van der Waals surface area contributed by atoms with Crippen molar-refractivity contribution in [2.45, 2.75) is 32.8 Å². The third-order valence-corrected chi connectivity index (χ3v) is 2.03. The van der Waals surface area contributed by atoms with Crippen molar-refractivity contribution >= 4 is 11.2 Å². The average molecular weight is 149 g/mol. The molecule has 0 aromatic heterocycles. The fourth-order valence-electron chi connectivity index (χ4n) is 0.510. The zero-order chi connectivity index (χ0) is 7.49. The van der Waals surface area contributed by atoms with E-state index in [0.29, 0.717) is 0 Å². The first-order chi connectivity index (χ1) is 3.98. The third-order valence-electron chi connectivity index (χ3n) is 1.24. The lowest BCUT2D eigenvalue weighted by Crippen LogP contribution is -2.25. The van der Waals surface area contributed by atoms with Crippen LogP contribution >= 0.6 is 0 Å². The molecule has 0 atom stereocenters. The predicted octanol–water partition coefficient (Wildman–Crippen LogP) is 1.98. The number of hydrogen-bond donors (Lipinski definition) is 0. The monoisotopic (exact) mass is 149 g/mol. The summed E-state index contributed by atoms with van der Waals surface area (Å²) in [4.78, 5) is 0. The van der Waals surface area contributed by atoms with Gasteiger partial charge in [0.15, 0.2) is 0 Å². The van der Waals surface area contributed by atoms with Crippen LogP contribution in [0.2, 0.25) is 0 Å². The Morgan fingerprint density at radius 1 is 1.33 bits per heavy atom. The second-order valence-electron chi connectivity index (χ2n) is 2.94. The molecule has 0 amide bonds. The van der Waals surface area contributed by atoms with Gasteiger partial charge in [-0.1, -0.05) is 6.92 Å². The molecular formula is C7H17OS+. The SMILES string of the molecule is CCC(C)(C)O[S+](C)C. The Morgan fingerprint density at radius 3 is 1.89 bits per heavy atom. The highest BCUT2D eigenvalue weighted by Crippen LogP contribution is 2.15. The van der Waals surface area contributed by atoms with Gasteiger partial charge in [-0.25, -0.2) is 0 Å². The van der Waals surface area contributed by atoms with Gasteiger partial charge in [0.25, 0.3) is 0 Å². The lowest BCUT2D eigenvalue weighted by Gasteiger charge is -2.17. The molecule has 9 heavy (non-hydrogen) atoms. The molecule has 56 valence electrons. The summed E-state index contributed by atoms with van der Waals surface area (Å²) < 4.78 is 5.61. The molecule has 0 bridgehead atoms. The molecule has 0 aromatic rings. The van der Waals surface area contributed by atoms with Gasteiger partial charge in [0.1, 0.15) is 29.3 Å². The molecule has 1 nitrogen and oxygen atoms in total. The predicted molar refractivity (Wildman–Crippen MR) is 44.7 cm³/mol. The van der Waals surface area contributed by atoms with Gasteiger partial charge in [-0.15, -0.1) is 0 Å². The highest BCUT2D eigenvalue weighted by molar-refractivity contribution is 7.90. The van der Waals surface area contributed by atoms with Crippen LogP contribution in [0.3, 0.4) is 0 Å². The van der Waals surface area contributed by atoms with Gasteiger partial charge in [0.05, 0.1) is 0 Å². The summed E-state index contributed by atoms with van der Waals surface area (Å²) in [6.07, 6.45) is 5.27. The van der Waals surface area contributed by atoms with Gasteiger partial charge < -0.3 is 0 Å². The first-order valence-corrected chi connectivity index (χ1v) is 5.21. The second kappa shape index (κ2) is 3.47. The van der Waals surface area contributed by atoms with Crippen LogP contribution in [-0.2, 0) is 15.4 Å². The van der Waals surface area contributed by atoms with Gasteiger partial charge in [0.2, 0.25) is 0 Å². The number of hydrogen-bond acceptors (Lipinski definition) is 1. The van der Waals surface area contributed by atoms with Crippen molar-refractivity contribution in [2.75, 3.05) is 12.5 Å². The van der Waals surface area contributed by atoms with E-state index in [1.807, 2.05) is 0 Å². The topological polar surface area (TPSA) is 9.23 Å². The molecule has 0 aromatic carbocycles. The van der Waals surface area contributed by atoms with E-state index >= 15 is 0 Å². The second-order valence-corrected chi connectivity index (χ2v) is 4.59. The van der Waals surface area contributed by atoms with Gasteiger partial charge in [0, 0.05) is 0 Å². The van der Waals surface area contributed by atoms with Gasteiger partial charge >= 0.3 is 0 Å². The molecule has 0 N–H and O–H groups in total. The van der Waals surface area contributed by atoms with Crippen molar-refractivity contribution in [1.29, 1.82) is 0 Å². The van der Waals surface area contributed by atoms with Crippen LogP contribution in [0.15, 0.2) is 0 Å². The fourth-order valence-corrected chi connectivity index (χ4v) is 1.53. The molecule has 0 saturated heterocycles. The summed E-state index contributed by atoms with van der Waals surface area (Å²) in [5.74, 6) is 0. The van der Waals surface area contributed by atoms with E-state index in [0.717, 1.165) is 6.42 Å². The smallest absolute Gasteiger partial charge is 0.141 e. The van der Waals surface area contributed by atoms with Crippen molar-refractivity contribution < 1.29 is 4.18 Å². The molecule has 0 rings (SSSR count). The van der Waals surface area contributed by atoms with Gasteiger partial charge in [-0.2, -0.15) is 4.18 Å². The Morgan fingerprint density at radius 2 is 1.78 bits per heavy atom. The Labute approximate surface area is 61.3 Å². The van der Waals surface area contributed by atoms with Crippen LogP contribution in [-0.4, -0.2) is 18.1 Å². The summed E-state index contributed by atoms with van der Waals surface area (Å²) >= 11 is 0.115. The van der Waals surface area contributed by atoms with E-state index in [1.54, 1.807) is 0 Å². The van der Waals surface area contributed by atoms with Crippen LogP contribution in [0.25, 0.3) is 0 Å². The largest absolute Gasteiger partial charge is 0.169 e. The fraction of sp³-hybridized carbons (Fsp3) is 1.00. The highest BCUT2D eigenvalue weighted by atomic mass is 32.2. The molecule has 0 fully saturated rings. The Hall–Kier alpha value is 0.310. The van der Waals surface area contributed by atoms with Crippen LogP contribution in [0.5, 0.6) is 0 Å². The lowest BCUT2D eigenvalue weighted by atomic mass is 10.1.